The molecule has 0 spiro atoms. The van der Waals surface area contributed by atoms with E-state index in [1.54, 1.807) is 47.8 Å². The number of hydrogen-bond acceptors (Lipinski definition) is 7. The lowest BCUT2D eigenvalue weighted by molar-refractivity contribution is 0.0950. The minimum Gasteiger partial charge on any atom is -0.497 e. The summed E-state index contributed by atoms with van der Waals surface area (Å²) in [5.74, 6) is 0.802. The highest BCUT2D eigenvalue weighted by molar-refractivity contribution is 7.91. The first-order valence-electron chi connectivity index (χ1n) is 9.33. The summed E-state index contributed by atoms with van der Waals surface area (Å²) in [4.78, 5) is 13.6. The van der Waals surface area contributed by atoms with Crippen molar-refractivity contribution in [3.8, 4) is 17.2 Å². The van der Waals surface area contributed by atoms with Gasteiger partial charge in [0.05, 0.1) is 31.8 Å². The highest BCUT2D eigenvalue weighted by Crippen LogP contribution is 2.33. The molecule has 0 aliphatic carbocycles. The SMILES string of the molecule is COc1ccc(S(=O)(=O)C(CNC(=O)c2cccc(OC)c2OC)c2cccs2)cc1. The Balaban J connectivity index is 1.89. The first kappa shape index (κ1) is 22.6. The van der Waals surface area contributed by atoms with Crippen LogP contribution in [-0.2, 0) is 9.84 Å². The number of benzene rings is 2. The summed E-state index contributed by atoms with van der Waals surface area (Å²) in [6, 6.07) is 14.7. The summed E-state index contributed by atoms with van der Waals surface area (Å²) < 4.78 is 42.4. The topological polar surface area (TPSA) is 90.9 Å². The second-order valence-corrected chi connectivity index (χ2v) is 9.59. The lowest BCUT2D eigenvalue weighted by Gasteiger charge is -2.18. The summed E-state index contributed by atoms with van der Waals surface area (Å²) in [5, 5.41) is 3.60. The molecule has 164 valence electrons. The first-order chi connectivity index (χ1) is 14.9. The Morgan fingerprint density at radius 3 is 2.29 bits per heavy atom. The standard InChI is InChI=1S/C22H23NO6S2/c1-27-15-9-11-16(12-10-15)31(25,26)20(19-8-5-13-30-19)14-23-22(24)17-6-4-7-18(28-2)21(17)29-3/h4-13,20H,14H2,1-3H3,(H,23,24). The second kappa shape index (κ2) is 9.84. The number of nitrogens with one attached hydrogen (secondary N) is 1. The van der Waals surface area contributed by atoms with E-state index in [9.17, 15) is 13.2 Å². The van der Waals surface area contributed by atoms with Crippen LogP contribution in [0.4, 0.5) is 0 Å². The van der Waals surface area contributed by atoms with Gasteiger partial charge in [-0.3, -0.25) is 4.79 Å². The van der Waals surface area contributed by atoms with Crippen molar-refractivity contribution in [1.29, 1.82) is 0 Å². The Hall–Kier alpha value is -3.04. The molecule has 0 fully saturated rings. The Morgan fingerprint density at radius 2 is 1.71 bits per heavy atom. The third-order valence-corrected chi connectivity index (χ3v) is 7.95. The van der Waals surface area contributed by atoms with Crippen LogP contribution in [0.2, 0.25) is 0 Å². The average molecular weight is 462 g/mol. The average Bonchev–Trinajstić information content (AvgIpc) is 3.32. The van der Waals surface area contributed by atoms with E-state index < -0.39 is 21.0 Å². The predicted octanol–water partition coefficient (Wildman–Crippen LogP) is 3.72. The molecule has 3 aromatic rings. The second-order valence-electron chi connectivity index (χ2n) is 6.48. The van der Waals surface area contributed by atoms with Crippen LogP contribution in [0.25, 0.3) is 0 Å². The molecular formula is C22H23NO6S2. The van der Waals surface area contributed by atoms with Gasteiger partial charge in [0.1, 0.15) is 11.0 Å². The number of amides is 1. The van der Waals surface area contributed by atoms with Crippen LogP contribution in [0.15, 0.2) is 64.9 Å². The van der Waals surface area contributed by atoms with E-state index >= 15 is 0 Å². The fraction of sp³-hybridized carbons (Fsp3) is 0.227. The molecule has 0 saturated heterocycles. The zero-order valence-corrected chi connectivity index (χ0v) is 19.0. The van der Waals surface area contributed by atoms with Crippen molar-refractivity contribution < 1.29 is 27.4 Å². The molecule has 1 amide bonds. The number of carbonyl (C=O) groups is 1. The van der Waals surface area contributed by atoms with Gasteiger partial charge in [-0.2, -0.15) is 0 Å². The third-order valence-electron chi connectivity index (χ3n) is 4.72. The van der Waals surface area contributed by atoms with Gasteiger partial charge in [0, 0.05) is 11.4 Å². The Morgan fingerprint density at radius 1 is 0.968 bits per heavy atom. The number of thiophene rings is 1. The van der Waals surface area contributed by atoms with E-state index in [0.717, 1.165) is 0 Å². The molecule has 1 unspecified atom stereocenters. The van der Waals surface area contributed by atoms with Crippen molar-refractivity contribution in [2.75, 3.05) is 27.9 Å². The molecule has 0 radical (unpaired) electrons. The Labute approximate surface area is 185 Å². The molecule has 2 aromatic carbocycles. The summed E-state index contributed by atoms with van der Waals surface area (Å²) in [5.41, 5.74) is 0.258. The lowest BCUT2D eigenvalue weighted by Crippen LogP contribution is -2.31. The molecule has 3 rings (SSSR count). The number of para-hydroxylation sites is 1. The molecule has 31 heavy (non-hydrogen) atoms. The van der Waals surface area contributed by atoms with Crippen molar-refractivity contribution in [3.05, 3.63) is 70.4 Å². The molecular weight excluding hydrogens is 438 g/mol. The van der Waals surface area contributed by atoms with E-state index in [1.807, 2.05) is 0 Å². The van der Waals surface area contributed by atoms with Crippen molar-refractivity contribution in [3.63, 3.8) is 0 Å². The number of carbonyl (C=O) groups excluding carboxylic acids is 1. The van der Waals surface area contributed by atoms with Crippen LogP contribution in [0.1, 0.15) is 20.5 Å². The number of rotatable bonds is 9. The molecule has 9 heteroatoms. The van der Waals surface area contributed by atoms with Gasteiger partial charge in [0.2, 0.25) is 0 Å². The summed E-state index contributed by atoms with van der Waals surface area (Å²) in [6.07, 6.45) is 0. The lowest BCUT2D eigenvalue weighted by atomic mass is 10.1. The van der Waals surface area contributed by atoms with Gasteiger partial charge in [0.15, 0.2) is 21.3 Å². The van der Waals surface area contributed by atoms with Crippen LogP contribution in [0, 0.1) is 0 Å². The van der Waals surface area contributed by atoms with E-state index in [2.05, 4.69) is 5.32 Å². The zero-order valence-electron chi connectivity index (χ0n) is 17.3. The van der Waals surface area contributed by atoms with Crippen LogP contribution >= 0.6 is 11.3 Å². The van der Waals surface area contributed by atoms with Gasteiger partial charge in [-0.15, -0.1) is 11.3 Å². The van der Waals surface area contributed by atoms with Gasteiger partial charge >= 0.3 is 0 Å². The fourth-order valence-corrected chi connectivity index (χ4v) is 5.90. The Bertz CT molecular complexity index is 1130. The van der Waals surface area contributed by atoms with Gasteiger partial charge in [-0.05, 0) is 47.8 Å². The van der Waals surface area contributed by atoms with Crippen LogP contribution in [0.3, 0.4) is 0 Å². The molecule has 0 aliphatic heterocycles. The van der Waals surface area contributed by atoms with Crippen molar-refractivity contribution in [2.24, 2.45) is 0 Å². The number of sulfone groups is 1. The molecule has 0 bridgehead atoms. The zero-order chi connectivity index (χ0) is 22.4. The van der Waals surface area contributed by atoms with E-state index in [4.69, 9.17) is 14.2 Å². The number of ether oxygens (including phenoxy) is 3. The van der Waals surface area contributed by atoms with Crippen molar-refractivity contribution >= 4 is 27.1 Å². The minimum atomic E-state index is -3.77. The quantitative estimate of drug-likeness (QED) is 0.522. The Kier molecular flexibility index (Phi) is 7.19. The van der Waals surface area contributed by atoms with Crippen molar-refractivity contribution in [1.82, 2.24) is 5.32 Å². The molecule has 0 aliphatic rings. The number of hydrogen-bond donors (Lipinski definition) is 1. The maximum Gasteiger partial charge on any atom is 0.255 e. The van der Waals surface area contributed by atoms with Gasteiger partial charge < -0.3 is 19.5 Å². The molecule has 1 atom stereocenters. The van der Waals surface area contributed by atoms with E-state index in [0.29, 0.717) is 16.4 Å². The molecule has 1 N–H and O–H groups in total. The highest BCUT2D eigenvalue weighted by Gasteiger charge is 2.31. The van der Waals surface area contributed by atoms with Crippen molar-refractivity contribution in [2.45, 2.75) is 10.1 Å². The monoisotopic (exact) mass is 461 g/mol. The minimum absolute atomic E-state index is 0.103. The first-order valence-corrected chi connectivity index (χ1v) is 11.8. The molecule has 1 aromatic heterocycles. The van der Waals surface area contributed by atoms with E-state index in [1.165, 1.54) is 44.8 Å². The third kappa shape index (κ3) is 4.83. The molecule has 7 nitrogen and oxygen atoms in total. The van der Waals surface area contributed by atoms with Gasteiger partial charge in [-0.1, -0.05) is 12.1 Å². The molecule has 0 saturated carbocycles. The maximum atomic E-state index is 13.4. The van der Waals surface area contributed by atoms with Crippen LogP contribution < -0.4 is 19.5 Å². The highest BCUT2D eigenvalue weighted by atomic mass is 32.2. The maximum absolute atomic E-state index is 13.4. The van der Waals surface area contributed by atoms with Gasteiger partial charge in [0.25, 0.3) is 5.91 Å². The summed E-state index contributed by atoms with van der Waals surface area (Å²) in [7, 11) is 0.665. The largest absolute Gasteiger partial charge is 0.497 e. The van der Waals surface area contributed by atoms with E-state index in [-0.39, 0.29) is 22.8 Å². The summed E-state index contributed by atoms with van der Waals surface area (Å²) >= 11 is 1.32. The van der Waals surface area contributed by atoms with Gasteiger partial charge in [-0.25, -0.2) is 8.42 Å². The predicted molar refractivity (Wildman–Crippen MR) is 119 cm³/mol. The smallest absolute Gasteiger partial charge is 0.255 e. The van der Waals surface area contributed by atoms with Crippen LogP contribution in [-0.4, -0.2) is 42.2 Å². The fourth-order valence-electron chi connectivity index (χ4n) is 3.11. The number of methoxy groups -OCH3 is 3. The molecule has 1 heterocycles. The van der Waals surface area contributed by atoms with Crippen LogP contribution in [0.5, 0.6) is 17.2 Å². The summed E-state index contributed by atoms with van der Waals surface area (Å²) in [6.45, 7) is -0.103. The normalized spacial score (nSPS) is 12.1.